The molecule has 2 nitrogen and oxygen atoms in total. The SMILES string of the molecule is O=C(Cc1cccc(Cl)c1)c1cc(Br)cc(Br)c1O. The second-order valence-corrected chi connectivity index (χ2v) is 6.22. The summed E-state index contributed by atoms with van der Waals surface area (Å²) in [4.78, 5) is 12.2. The van der Waals surface area contributed by atoms with Gasteiger partial charge >= 0.3 is 0 Å². The Morgan fingerprint density at radius 3 is 2.63 bits per heavy atom. The Hall–Kier alpha value is -0.840. The van der Waals surface area contributed by atoms with Crippen molar-refractivity contribution in [3.8, 4) is 5.75 Å². The zero-order chi connectivity index (χ0) is 14.0. The Balaban J connectivity index is 2.30. The summed E-state index contributed by atoms with van der Waals surface area (Å²) in [5.41, 5.74) is 1.09. The van der Waals surface area contributed by atoms with Crippen LogP contribution in [-0.4, -0.2) is 10.9 Å². The van der Waals surface area contributed by atoms with E-state index in [0.717, 1.165) is 10.0 Å². The van der Waals surface area contributed by atoms with Crippen molar-refractivity contribution in [3.63, 3.8) is 0 Å². The number of carbonyl (C=O) groups excluding carboxylic acids is 1. The quantitative estimate of drug-likeness (QED) is 0.732. The molecule has 98 valence electrons. The molecule has 0 aliphatic carbocycles. The maximum absolute atomic E-state index is 12.2. The monoisotopic (exact) mass is 402 g/mol. The van der Waals surface area contributed by atoms with Crippen LogP contribution in [0.15, 0.2) is 45.3 Å². The summed E-state index contributed by atoms with van der Waals surface area (Å²) in [6, 6.07) is 10.4. The van der Waals surface area contributed by atoms with Crippen LogP contribution < -0.4 is 0 Å². The number of Topliss-reactive ketones (excluding diaryl/α,β-unsaturated/α-hetero) is 1. The van der Waals surface area contributed by atoms with E-state index in [4.69, 9.17) is 11.6 Å². The summed E-state index contributed by atoms with van der Waals surface area (Å²) in [6.07, 6.45) is 0.191. The summed E-state index contributed by atoms with van der Waals surface area (Å²) in [7, 11) is 0. The molecule has 0 spiro atoms. The number of phenolic OH excluding ortho intramolecular Hbond substituents is 1. The number of carbonyl (C=O) groups is 1. The summed E-state index contributed by atoms with van der Waals surface area (Å²) in [6.45, 7) is 0. The van der Waals surface area contributed by atoms with Crippen LogP contribution in [0.3, 0.4) is 0 Å². The van der Waals surface area contributed by atoms with E-state index in [0.29, 0.717) is 9.50 Å². The van der Waals surface area contributed by atoms with Crippen LogP contribution in [0.1, 0.15) is 15.9 Å². The predicted molar refractivity (Wildman–Crippen MR) is 83.0 cm³/mol. The first-order chi connectivity index (χ1) is 8.97. The van der Waals surface area contributed by atoms with Gasteiger partial charge in [-0.15, -0.1) is 0 Å². The molecule has 19 heavy (non-hydrogen) atoms. The molecule has 0 unspecified atom stereocenters. The van der Waals surface area contributed by atoms with Gasteiger partial charge in [0.05, 0.1) is 10.0 Å². The van der Waals surface area contributed by atoms with Gasteiger partial charge in [0.25, 0.3) is 0 Å². The Morgan fingerprint density at radius 2 is 1.95 bits per heavy atom. The highest BCUT2D eigenvalue weighted by molar-refractivity contribution is 9.11. The van der Waals surface area contributed by atoms with Gasteiger partial charge in [0.2, 0.25) is 0 Å². The first-order valence-corrected chi connectivity index (χ1v) is 7.39. The van der Waals surface area contributed by atoms with E-state index in [2.05, 4.69) is 31.9 Å². The van der Waals surface area contributed by atoms with Crippen LogP contribution in [-0.2, 0) is 6.42 Å². The van der Waals surface area contributed by atoms with Gasteiger partial charge in [0.1, 0.15) is 5.75 Å². The number of ketones is 1. The second-order valence-electron chi connectivity index (χ2n) is 4.01. The van der Waals surface area contributed by atoms with E-state index in [1.54, 1.807) is 30.3 Å². The van der Waals surface area contributed by atoms with Gasteiger partial charge in [0, 0.05) is 15.9 Å². The van der Waals surface area contributed by atoms with E-state index >= 15 is 0 Å². The van der Waals surface area contributed by atoms with Crippen LogP contribution in [0.25, 0.3) is 0 Å². The van der Waals surface area contributed by atoms with Gasteiger partial charge in [-0.25, -0.2) is 0 Å². The van der Waals surface area contributed by atoms with Gasteiger partial charge in [-0.2, -0.15) is 0 Å². The van der Waals surface area contributed by atoms with Gasteiger partial charge in [-0.1, -0.05) is 39.7 Å². The maximum Gasteiger partial charge on any atom is 0.171 e. The van der Waals surface area contributed by atoms with Crippen LogP contribution >= 0.6 is 43.5 Å². The fourth-order valence-corrected chi connectivity index (χ4v) is 3.14. The molecule has 0 aromatic heterocycles. The number of benzene rings is 2. The average Bonchev–Trinajstić information content (AvgIpc) is 2.33. The molecule has 0 amide bonds. The minimum atomic E-state index is -0.165. The highest BCUT2D eigenvalue weighted by atomic mass is 79.9. The zero-order valence-corrected chi connectivity index (χ0v) is 13.6. The van der Waals surface area contributed by atoms with Gasteiger partial charge < -0.3 is 5.11 Å². The molecular weight excluding hydrogens is 395 g/mol. The van der Waals surface area contributed by atoms with Gasteiger partial charge in [-0.05, 0) is 45.8 Å². The molecule has 0 fully saturated rings. The molecule has 0 radical (unpaired) electrons. The van der Waals surface area contributed by atoms with Crippen LogP contribution in [0, 0.1) is 0 Å². The lowest BCUT2D eigenvalue weighted by Gasteiger charge is -2.07. The molecule has 1 N–H and O–H groups in total. The molecule has 0 saturated carbocycles. The van der Waals surface area contributed by atoms with Crippen molar-refractivity contribution in [1.82, 2.24) is 0 Å². The Kier molecular flexibility index (Phi) is 4.66. The number of hydrogen-bond acceptors (Lipinski definition) is 2. The molecule has 5 heteroatoms. The van der Waals surface area contributed by atoms with Crippen molar-refractivity contribution in [2.24, 2.45) is 0 Å². The minimum absolute atomic E-state index is 0.0461. The first-order valence-electron chi connectivity index (χ1n) is 5.43. The third-order valence-electron chi connectivity index (χ3n) is 2.58. The molecule has 0 atom stereocenters. The minimum Gasteiger partial charge on any atom is -0.506 e. The summed E-state index contributed by atoms with van der Waals surface area (Å²) in [5.74, 6) is -0.211. The molecule has 0 saturated heterocycles. The van der Waals surface area contributed by atoms with Crippen LogP contribution in [0.5, 0.6) is 5.75 Å². The zero-order valence-electron chi connectivity index (χ0n) is 9.66. The smallest absolute Gasteiger partial charge is 0.171 e. The van der Waals surface area contributed by atoms with Crippen molar-refractivity contribution < 1.29 is 9.90 Å². The Morgan fingerprint density at radius 1 is 1.21 bits per heavy atom. The van der Waals surface area contributed by atoms with Crippen molar-refractivity contribution in [3.05, 3.63) is 61.5 Å². The van der Waals surface area contributed by atoms with E-state index in [-0.39, 0.29) is 23.5 Å². The van der Waals surface area contributed by atoms with E-state index in [1.807, 2.05) is 6.07 Å². The third-order valence-corrected chi connectivity index (χ3v) is 3.88. The summed E-state index contributed by atoms with van der Waals surface area (Å²) >= 11 is 12.4. The standard InChI is InChI=1S/C14H9Br2ClO2/c15-9-6-11(14(19)12(16)7-9)13(18)5-8-2-1-3-10(17)4-8/h1-4,6-7,19H,5H2. The molecule has 0 heterocycles. The predicted octanol–water partition coefficient (Wildman–Crippen LogP) is 5.00. The topological polar surface area (TPSA) is 37.3 Å². The normalized spacial score (nSPS) is 10.5. The molecule has 0 aliphatic rings. The number of phenols is 1. The van der Waals surface area contributed by atoms with E-state index < -0.39 is 0 Å². The first kappa shape index (κ1) is 14.6. The number of halogens is 3. The highest BCUT2D eigenvalue weighted by Crippen LogP contribution is 2.32. The maximum atomic E-state index is 12.2. The average molecular weight is 404 g/mol. The van der Waals surface area contributed by atoms with E-state index in [9.17, 15) is 9.90 Å². The number of hydrogen-bond donors (Lipinski definition) is 1. The molecule has 2 rings (SSSR count). The molecular formula is C14H9Br2ClO2. The van der Waals surface area contributed by atoms with Crippen molar-refractivity contribution in [2.75, 3.05) is 0 Å². The Labute approximate surface area is 132 Å². The highest BCUT2D eigenvalue weighted by Gasteiger charge is 2.15. The lowest BCUT2D eigenvalue weighted by atomic mass is 10.0. The molecule has 0 aliphatic heterocycles. The fraction of sp³-hybridized carbons (Fsp3) is 0.0714. The summed E-state index contributed by atoms with van der Waals surface area (Å²) in [5, 5.41) is 10.5. The molecule has 2 aromatic carbocycles. The molecule has 0 bridgehead atoms. The van der Waals surface area contributed by atoms with Crippen molar-refractivity contribution >= 4 is 49.2 Å². The summed E-state index contributed by atoms with van der Waals surface area (Å²) < 4.78 is 1.21. The van der Waals surface area contributed by atoms with E-state index in [1.165, 1.54) is 0 Å². The molecule has 2 aromatic rings. The van der Waals surface area contributed by atoms with Gasteiger partial charge in [0.15, 0.2) is 5.78 Å². The largest absolute Gasteiger partial charge is 0.506 e. The lowest BCUT2D eigenvalue weighted by molar-refractivity contribution is 0.0990. The lowest BCUT2D eigenvalue weighted by Crippen LogP contribution is -2.04. The van der Waals surface area contributed by atoms with Crippen LogP contribution in [0.2, 0.25) is 5.02 Å². The number of rotatable bonds is 3. The van der Waals surface area contributed by atoms with Crippen molar-refractivity contribution in [2.45, 2.75) is 6.42 Å². The van der Waals surface area contributed by atoms with Crippen molar-refractivity contribution in [1.29, 1.82) is 0 Å². The fourth-order valence-electron chi connectivity index (χ4n) is 1.71. The third kappa shape index (κ3) is 3.59. The van der Waals surface area contributed by atoms with Crippen LogP contribution in [0.4, 0.5) is 0 Å². The second kappa shape index (κ2) is 6.07. The van der Waals surface area contributed by atoms with Gasteiger partial charge in [-0.3, -0.25) is 4.79 Å². The Bertz CT molecular complexity index is 641. The number of aromatic hydroxyl groups is 1.